The predicted molar refractivity (Wildman–Crippen MR) is 68.6 cm³/mol. The lowest BCUT2D eigenvalue weighted by molar-refractivity contribution is -0.133. The van der Waals surface area contributed by atoms with Gasteiger partial charge in [-0.15, -0.1) is 0 Å². The number of unbranched alkanes of at least 4 members (excludes halogenated alkanes) is 1. The Balaban J connectivity index is 2.46. The molecule has 100 valence electrons. The molecule has 1 aliphatic carbocycles. The van der Waals surface area contributed by atoms with Crippen molar-refractivity contribution in [2.24, 2.45) is 5.92 Å². The summed E-state index contributed by atoms with van der Waals surface area (Å²) in [7, 11) is 0. The van der Waals surface area contributed by atoms with Gasteiger partial charge < -0.3 is 5.32 Å². The van der Waals surface area contributed by atoms with E-state index < -0.39 is 11.6 Å². The highest BCUT2D eigenvalue weighted by Crippen LogP contribution is 2.25. The molecule has 2 nitrogen and oxygen atoms in total. The molecule has 0 saturated heterocycles. The van der Waals surface area contributed by atoms with Gasteiger partial charge in [0.2, 0.25) is 0 Å². The number of hydrogen-bond donors (Lipinski definition) is 1. The van der Waals surface area contributed by atoms with E-state index in [0.29, 0.717) is 12.3 Å². The van der Waals surface area contributed by atoms with Crippen LogP contribution >= 0.6 is 0 Å². The van der Waals surface area contributed by atoms with Crippen molar-refractivity contribution in [3.63, 3.8) is 0 Å². The maximum atomic E-state index is 14.1. The highest BCUT2D eigenvalue weighted by molar-refractivity contribution is 5.84. The molecule has 3 atom stereocenters. The van der Waals surface area contributed by atoms with E-state index in [0.717, 1.165) is 32.1 Å². The molecule has 1 rings (SSSR count). The van der Waals surface area contributed by atoms with Crippen molar-refractivity contribution in [2.45, 2.75) is 77.4 Å². The zero-order chi connectivity index (χ0) is 12.9. The van der Waals surface area contributed by atoms with Gasteiger partial charge in [-0.25, -0.2) is 4.39 Å². The molecule has 0 aliphatic heterocycles. The zero-order valence-electron chi connectivity index (χ0n) is 11.4. The number of carbonyl (C=O) groups is 1. The minimum Gasteiger partial charge on any atom is -0.350 e. The lowest BCUT2D eigenvalue weighted by atomic mass is 9.85. The normalized spacial score (nSPS) is 28.5. The highest BCUT2D eigenvalue weighted by Gasteiger charge is 2.34. The second kappa shape index (κ2) is 6.36. The average Bonchev–Trinajstić information content (AvgIpc) is 2.29. The third-order valence-electron chi connectivity index (χ3n) is 3.90. The summed E-state index contributed by atoms with van der Waals surface area (Å²) in [5.41, 5.74) is -1.70. The molecule has 1 saturated carbocycles. The second-order valence-electron chi connectivity index (χ2n) is 5.64. The number of rotatable bonds is 5. The van der Waals surface area contributed by atoms with Crippen LogP contribution in [-0.4, -0.2) is 17.6 Å². The van der Waals surface area contributed by atoms with Gasteiger partial charge in [-0.05, 0) is 32.1 Å². The van der Waals surface area contributed by atoms with Crippen LogP contribution < -0.4 is 5.32 Å². The maximum Gasteiger partial charge on any atom is 0.257 e. The first-order valence-electron chi connectivity index (χ1n) is 6.97. The molecular formula is C14H26FNO. The minimum absolute atomic E-state index is 0.174. The van der Waals surface area contributed by atoms with Crippen LogP contribution in [0, 0.1) is 5.92 Å². The van der Waals surface area contributed by atoms with Gasteiger partial charge in [-0.3, -0.25) is 4.79 Å². The summed E-state index contributed by atoms with van der Waals surface area (Å²) in [5.74, 6) is 0.0689. The molecule has 0 radical (unpaired) electrons. The van der Waals surface area contributed by atoms with E-state index in [1.807, 2.05) is 6.92 Å². The number of alkyl halides is 1. The third-order valence-corrected chi connectivity index (χ3v) is 3.90. The van der Waals surface area contributed by atoms with Crippen LogP contribution in [0.2, 0.25) is 0 Å². The van der Waals surface area contributed by atoms with Crippen molar-refractivity contribution in [3.05, 3.63) is 0 Å². The van der Waals surface area contributed by atoms with Gasteiger partial charge in [0.15, 0.2) is 5.67 Å². The fourth-order valence-electron chi connectivity index (χ4n) is 2.47. The molecule has 0 aromatic carbocycles. The Morgan fingerprint density at radius 2 is 2.06 bits per heavy atom. The van der Waals surface area contributed by atoms with Gasteiger partial charge in [-0.1, -0.05) is 39.5 Å². The van der Waals surface area contributed by atoms with E-state index >= 15 is 0 Å². The molecule has 0 heterocycles. The smallest absolute Gasteiger partial charge is 0.257 e. The number of halogens is 1. The third kappa shape index (κ3) is 4.29. The summed E-state index contributed by atoms with van der Waals surface area (Å²) in [6, 6.07) is 0.174. The van der Waals surface area contributed by atoms with Crippen molar-refractivity contribution >= 4 is 5.91 Å². The molecule has 3 heteroatoms. The van der Waals surface area contributed by atoms with Crippen LogP contribution in [0.15, 0.2) is 0 Å². The topological polar surface area (TPSA) is 29.1 Å². The van der Waals surface area contributed by atoms with Crippen LogP contribution in [-0.2, 0) is 4.79 Å². The Hall–Kier alpha value is -0.600. The summed E-state index contributed by atoms with van der Waals surface area (Å²) < 4.78 is 14.1. The number of carbonyl (C=O) groups excluding carboxylic acids is 1. The van der Waals surface area contributed by atoms with Crippen LogP contribution in [0.3, 0.4) is 0 Å². The van der Waals surface area contributed by atoms with Gasteiger partial charge in [-0.2, -0.15) is 0 Å². The zero-order valence-corrected chi connectivity index (χ0v) is 11.4. The Bertz CT molecular complexity index is 253. The molecule has 0 bridgehead atoms. The molecule has 1 fully saturated rings. The number of hydrogen-bond acceptors (Lipinski definition) is 1. The van der Waals surface area contributed by atoms with E-state index in [1.165, 1.54) is 13.3 Å². The molecule has 0 aromatic rings. The van der Waals surface area contributed by atoms with Gasteiger partial charge in [0, 0.05) is 6.04 Å². The molecule has 1 aliphatic rings. The van der Waals surface area contributed by atoms with E-state index in [4.69, 9.17) is 0 Å². The molecule has 0 aromatic heterocycles. The van der Waals surface area contributed by atoms with Gasteiger partial charge >= 0.3 is 0 Å². The quantitative estimate of drug-likeness (QED) is 0.785. The van der Waals surface area contributed by atoms with Crippen molar-refractivity contribution in [1.82, 2.24) is 5.32 Å². The van der Waals surface area contributed by atoms with E-state index in [2.05, 4.69) is 12.2 Å². The first kappa shape index (κ1) is 14.5. The average molecular weight is 243 g/mol. The molecule has 3 unspecified atom stereocenters. The van der Waals surface area contributed by atoms with Crippen molar-refractivity contribution in [3.8, 4) is 0 Å². The Morgan fingerprint density at radius 1 is 1.41 bits per heavy atom. The summed E-state index contributed by atoms with van der Waals surface area (Å²) in [5, 5.41) is 2.90. The summed E-state index contributed by atoms with van der Waals surface area (Å²) in [6.45, 7) is 5.56. The number of amides is 1. The van der Waals surface area contributed by atoms with Crippen LogP contribution in [0.4, 0.5) is 4.39 Å². The first-order valence-corrected chi connectivity index (χ1v) is 6.97. The summed E-state index contributed by atoms with van der Waals surface area (Å²) >= 11 is 0. The molecule has 0 spiro atoms. The second-order valence-corrected chi connectivity index (χ2v) is 5.64. The Kier molecular flexibility index (Phi) is 5.41. The number of nitrogens with one attached hydrogen (secondary N) is 1. The van der Waals surface area contributed by atoms with E-state index in [1.54, 1.807) is 0 Å². The summed E-state index contributed by atoms with van der Waals surface area (Å²) in [4.78, 5) is 11.9. The molecular weight excluding hydrogens is 217 g/mol. The molecule has 1 N–H and O–H groups in total. The van der Waals surface area contributed by atoms with Crippen molar-refractivity contribution < 1.29 is 9.18 Å². The van der Waals surface area contributed by atoms with Crippen molar-refractivity contribution in [2.75, 3.05) is 0 Å². The Labute approximate surface area is 104 Å². The van der Waals surface area contributed by atoms with Gasteiger partial charge in [0.25, 0.3) is 5.91 Å². The molecule has 17 heavy (non-hydrogen) atoms. The molecule has 1 amide bonds. The maximum absolute atomic E-state index is 14.1. The van der Waals surface area contributed by atoms with Crippen LogP contribution in [0.1, 0.15) is 65.7 Å². The largest absolute Gasteiger partial charge is 0.350 e. The summed E-state index contributed by atoms with van der Waals surface area (Å²) in [6.07, 6.45) is 6.53. The highest BCUT2D eigenvalue weighted by atomic mass is 19.1. The lowest BCUT2D eigenvalue weighted by Crippen LogP contribution is -2.49. The SMILES string of the molecule is CCCCC(C)(F)C(=O)NC1CCCCC1C. The van der Waals surface area contributed by atoms with Gasteiger partial charge in [0.05, 0.1) is 0 Å². The fourth-order valence-corrected chi connectivity index (χ4v) is 2.47. The van der Waals surface area contributed by atoms with Crippen LogP contribution in [0.25, 0.3) is 0 Å². The lowest BCUT2D eigenvalue weighted by Gasteiger charge is -2.31. The predicted octanol–water partition coefficient (Wildman–Crippen LogP) is 3.60. The van der Waals surface area contributed by atoms with E-state index in [9.17, 15) is 9.18 Å². The Morgan fingerprint density at radius 3 is 2.65 bits per heavy atom. The van der Waals surface area contributed by atoms with Gasteiger partial charge in [0.1, 0.15) is 0 Å². The monoisotopic (exact) mass is 243 g/mol. The standard InChI is InChI=1S/C14H26FNO/c1-4-5-10-14(3,15)13(17)16-12-9-7-6-8-11(12)2/h11-12H,4-10H2,1-3H3,(H,16,17). The van der Waals surface area contributed by atoms with Crippen LogP contribution in [0.5, 0.6) is 0 Å². The van der Waals surface area contributed by atoms with Crippen molar-refractivity contribution in [1.29, 1.82) is 0 Å². The first-order chi connectivity index (χ1) is 7.97. The fraction of sp³-hybridized carbons (Fsp3) is 0.929. The van der Waals surface area contributed by atoms with E-state index in [-0.39, 0.29) is 6.04 Å². The minimum atomic E-state index is -1.70.